The maximum Gasteiger partial charge on any atom is 0.0548 e. The first-order chi connectivity index (χ1) is 7.25. The Morgan fingerprint density at radius 2 is 2.07 bits per heavy atom. The van der Waals surface area contributed by atoms with Crippen molar-refractivity contribution in [3.63, 3.8) is 0 Å². The molecule has 0 saturated carbocycles. The fourth-order valence-corrected chi connectivity index (χ4v) is 1.62. The topological polar surface area (TPSA) is 23.9 Å². The van der Waals surface area contributed by atoms with E-state index in [1.807, 2.05) is 17.6 Å². The van der Waals surface area contributed by atoms with Crippen molar-refractivity contribution in [3.8, 4) is 0 Å². The monoisotopic (exact) mass is 217 g/mol. The van der Waals surface area contributed by atoms with Gasteiger partial charge in [0.1, 0.15) is 0 Å². The van der Waals surface area contributed by atoms with Gasteiger partial charge in [0.15, 0.2) is 0 Å². The van der Waals surface area contributed by atoms with Crippen molar-refractivity contribution in [1.29, 1.82) is 5.41 Å². The Labute approximate surface area is 95.4 Å². The average Bonchev–Trinajstić information content (AvgIpc) is 2.25. The van der Waals surface area contributed by atoms with Crippen LogP contribution in [0.2, 0.25) is 0 Å². The molecule has 0 aromatic heterocycles. The minimum Gasteiger partial charge on any atom is -0.302 e. The summed E-state index contributed by atoms with van der Waals surface area (Å²) in [5.74, 6) is 0. The van der Waals surface area contributed by atoms with Gasteiger partial charge >= 0.3 is 0 Å². The summed E-state index contributed by atoms with van der Waals surface area (Å²) >= 11 is 1.37. The van der Waals surface area contributed by atoms with Gasteiger partial charge in [0.05, 0.1) is 5.55 Å². The van der Waals surface area contributed by atoms with Gasteiger partial charge in [-0.1, -0.05) is 48.2 Å². The van der Waals surface area contributed by atoms with Crippen LogP contribution in [0.3, 0.4) is 0 Å². The first kappa shape index (κ1) is 11.8. The molecule has 0 unspecified atom stereocenters. The van der Waals surface area contributed by atoms with Crippen molar-refractivity contribution < 1.29 is 0 Å². The van der Waals surface area contributed by atoms with Gasteiger partial charge in [0, 0.05) is 0 Å². The summed E-state index contributed by atoms with van der Waals surface area (Å²) in [6, 6.07) is 8.34. The lowest BCUT2D eigenvalue weighted by molar-refractivity contribution is 1.41. The maximum atomic E-state index is 6.85. The molecule has 0 saturated heterocycles. The van der Waals surface area contributed by atoms with E-state index in [-0.39, 0.29) is 0 Å². The summed E-state index contributed by atoms with van der Waals surface area (Å²) in [4.78, 5) is 0. The van der Waals surface area contributed by atoms with Crippen LogP contribution in [0.1, 0.15) is 18.1 Å². The van der Waals surface area contributed by atoms with E-state index in [9.17, 15) is 0 Å². The molecule has 78 valence electrons. The summed E-state index contributed by atoms with van der Waals surface area (Å²) < 4.78 is 0. The minimum absolute atomic E-state index is 1.25. The quantitative estimate of drug-likeness (QED) is 0.455. The van der Waals surface area contributed by atoms with E-state index in [0.717, 1.165) is 0 Å². The van der Waals surface area contributed by atoms with Crippen LogP contribution in [0.4, 0.5) is 0 Å². The molecule has 1 aromatic carbocycles. The van der Waals surface area contributed by atoms with Crippen LogP contribution in [0, 0.1) is 12.3 Å². The molecule has 0 spiro atoms. The van der Waals surface area contributed by atoms with Crippen molar-refractivity contribution in [3.05, 3.63) is 53.0 Å². The van der Waals surface area contributed by atoms with Gasteiger partial charge in [-0.2, -0.15) is 0 Å². The third-order valence-electron chi connectivity index (χ3n) is 2.14. The van der Waals surface area contributed by atoms with E-state index in [1.54, 1.807) is 0 Å². The Bertz CT molecular complexity index is 391. The van der Waals surface area contributed by atoms with Crippen LogP contribution < -0.4 is 0 Å². The zero-order chi connectivity index (χ0) is 11.1. The number of benzene rings is 1. The zero-order valence-corrected chi connectivity index (χ0v) is 9.84. The molecule has 0 aliphatic rings. The number of nitrogens with one attached hydrogen (secondary N) is 1. The summed E-state index contributed by atoms with van der Waals surface area (Å²) in [6.07, 6.45) is 4.04. The highest BCUT2D eigenvalue weighted by molar-refractivity contribution is 8.14. The highest BCUT2D eigenvalue weighted by Crippen LogP contribution is 2.17. The number of hydrogen-bond donors (Lipinski definition) is 1. The Morgan fingerprint density at radius 3 is 2.73 bits per heavy atom. The SMILES string of the molecule is C/C(=C/C=C\SC=N)c1ccccc1C. The van der Waals surface area contributed by atoms with E-state index in [4.69, 9.17) is 5.41 Å². The summed E-state index contributed by atoms with van der Waals surface area (Å²) in [6.45, 7) is 4.21. The standard InChI is InChI=1S/C13H15NS/c1-11-6-3-4-8-13(11)12(2)7-5-9-15-10-14/h3-10,14H,1-2H3/b9-5-,12-7-,14-10?. The van der Waals surface area contributed by atoms with Gasteiger partial charge in [0.2, 0.25) is 0 Å². The molecule has 0 aliphatic heterocycles. The molecule has 0 amide bonds. The first-order valence-electron chi connectivity index (χ1n) is 4.79. The molecular weight excluding hydrogens is 202 g/mol. The first-order valence-corrected chi connectivity index (χ1v) is 5.74. The fraction of sp³-hybridized carbons (Fsp3) is 0.154. The summed E-state index contributed by atoms with van der Waals surface area (Å²) in [5.41, 5.74) is 5.13. The summed E-state index contributed by atoms with van der Waals surface area (Å²) in [5, 5.41) is 8.75. The molecule has 1 N–H and O–H groups in total. The van der Waals surface area contributed by atoms with Crippen LogP contribution in [0.25, 0.3) is 5.57 Å². The Morgan fingerprint density at radius 1 is 1.33 bits per heavy atom. The molecular formula is C13H15NS. The molecule has 0 bridgehead atoms. The molecule has 1 aromatic rings. The second-order valence-corrected chi connectivity index (χ2v) is 4.03. The smallest absolute Gasteiger partial charge is 0.0548 e. The number of aryl methyl sites for hydroxylation is 1. The normalized spacial score (nSPS) is 12.0. The predicted molar refractivity (Wildman–Crippen MR) is 70.3 cm³/mol. The van der Waals surface area contributed by atoms with Crippen molar-refractivity contribution in [2.24, 2.45) is 0 Å². The molecule has 0 radical (unpaired) electrons. The zero-order valence-electron chi connectivity index (χ0n) is 9.03. The van der Waals surface area contributed by atoms with Gasteiger partial charge in [-0.15, -0.1) is 0 Å². The Kier molecular flexibility index (Phi) is 4.91. The summed E-state index contributed by atoms with van der Waals surface area (Å²) in [7, 11) is 0. The minimum atomic E-state index is 1.25. The predicted octanol–water partition coefficient (Wildman–Crippen LogP) is 4.25. The molecule has 0 fully saturated rings. The lowest BCUT2D eigenvalue weighted by Crippen LogP contribution is -1.83. The molecule has 2 heteroatoms. The van der Waals surface area contributed by atoms with Crippen LogP contribution in [0.15, 0.2) is 41.8 Å². The van der Waals surface area contributed by atoms with Gasteiger partial charge in [-0.05, 0) is 36.0 Å². The van der Waals surface area contributed by atoms with Gasteiger partial charge < -0.3 is 5.41 Å². The average molecular weight is 217 g/mol. The van der Waals surface area contributed by atoms with E-state index in [1.165, 1.54) is 34.0 Å². The van der Waals surface area contributed by atoms with Crippen molar-refractivity contribution in [1.82, 2.24) is 0 Å². The number of allylic oxidation sites excluding steroid dienone is 3. The second-order valence-electron chi connectivity index (χ2n) is 3.25. The third-order valence-corrected chi connectivity index (χ3v) is 2.59. The van der Waals surface area contributed by atoms with Crippen molar-refractivity contribution in [2.45, 2.75) is 13.8 Å². The molecule has 0 atom stereocenters. The van der Waals surface area contributed by atoms with Crippen molar-refractivity contribution >= 4 is 22.9 Å². The van der Waals surface area contributed by atoms with Crippen LogP contribution in [0.5, 0.6) is 0 Å². The molecule has 0 aliphatic carbocycles. The van der Waals surface area contributed by atoms with E-state index in [0.29, 0.717) is 0 Å². The fourth-order valence-electron chi connectivity index (χ4n) is 1.37. The highest BCUT2D eigenvalue weighted by atomic mass is 32.2. The largest absolute Gasteiger partial charge is 0.302 e. The van der Waals surface area contributed by atoms with E-state index in [2.05, 4.69) is 38.1 Å². The van der Waals surface area contributed by atoms with Crippen molar-refractivity contribution in [2.75, 3.05) is 0 Å². The lowest BCUT2D eigenvalue weighted by atomic mass is 10.0. The van der Waals surface area contributed by atoms with Gasteiger partial charge in [0.25, 0.3) is 0 Å². The molecule has 0 heterocycles. The van der Waals surface area contributed by atoms with E-state index >= 15 is 0 Å². The lowest BCUT2D eigenvalue weighted by Gasteiger charge is -2.04. The number of hydrogen-bond acceptors (Lipinski definition) is 2. The second kappa shape index (κ2) is 6.25. The van der Waals surface area contributed by atoms with Crippen LogP contribution >= 0.6 is 11.8 Å². The number of rotatable bonds is 4. The maximum absolute atomic E-state index is 6.85. The third kappa shape index (κ3) is 3.76. The molecule has 15 heavy (non-hydrogen) atoms. The van der Waals surface area contributed by atoms with Crippen LogP contribution in [-0.4, -0.2) is 5.55 Å². The van der Waals surface area contributed by atoms with Gasteiger partial charge in [-0.3, -0.25) is 0 Å². The highest BCUT2D eigenvalue weighted by Gasteiger charge is 1.96. The Balaban J connectivity index is 2.80. The number of thioether (sulfide) groups is 1. The van der Waals surface area contributed by atoms with Crippen LogP contribution in [-0.2, 0) is 0 Å². The van der Waals surface area contributed by atoms with E-state index < -0.39 is 0 Å². The van der Waals surface area contributed by atoms with Gasteiger partial charge in [-0.25, -0.2) is 0 Å². The molecule has 1 rings (SSSR count). The Hall–Kier alpha value is -1.28. The molecule has 1 nitrogen and oxygen atoms in total.